The Kier molecular flexibility index (Phi) is 5.05. The van der Waals surface area contributed by atoms with E-state index in [0.29, 0.717) is 0 Å². The molecule has 0 aliphatic carbocycles. The maximum absolute atomic E-state index is 12.6. The van der Waals surface area contributed by atoms with Gasteiger partial charge in [-0.1, -0.05) is 32.0 Å². The van der Waals surface area contributed by atoms with Crippen molar-refractivity contribution in [2.24, 2.45) is 14.1 Å². The average molecular weight is 453 g/mol. The lowest BCUT2D eigenvalue weighted by Crippen LogP contribution is -2.19. The normalized spacial score (nSPS) is 11.6. The van der Waals surface area contributed by atoms with Gasteiger partial charge in [0.25, 0.3) is 0 Å². The van der Waals surface area contributed by atoms with E-state index in [1.807, 2.05) is 31.4 Å². The zero-order valence-electron chi connectivity index (χ0n) is 19.4. The van der Waals surface area contributed by atoms with Gasteiger partial charge in [0.15, 0.2) is 0 Å². The third-order valence-corrected chi connectivity index (χ3v) is 6.37. The highest BCUT2D eigenvalue weighted by atomic mass is 16.4. The number of carbonyl (C=O) groups is 1. The summed E-state index contributed by atoms with van der Waals surface area (Å²) in [6.45, 7) is 4.27. The summed E-state index contributed by atoms with van der Waals surface area (Å²) in [6.07, 6.45) is 3.37. The molecule has 2 aromatic carbocycles. The van der Waals surface area contributed by atoms with Crippen molar-refractivity contribution in [2.45, 2.75) is 19.8 Å². The first-order valence-electron chi connectivity index (χ1n) is 11.0. The van der Waals surface area contributed by atoms with Crippen molar-refractivity contribution in [3.63, 3.8) is 0 Å². The molecular formula is C27H24N4O3. The summed E-state index contributed by atoms with van der Waals surface area (Å²) in [6, 6.07) is 15.5. The number of aromatic carboxylic acids is 1. The molecule has 5 rings (SSSR count). The summed E-state index contributed by atoms with van der Waals surface area (Å²) < 4.78 is 3.41. The zero-order valence-corrected chi connectivity index (χ0v) is 19.4. The Bertz CT molecular complexity index is 1640. The molecule has 3 heterocycles. The summed E-state index contributed by atoms with van der Waals surface area (Å²) in [5.41, 5.74) is 6.49. The molecule has 0 unspecified atom stereocenters. The zero-order chi connectivity index (χ0) is 24.1. The topological polar surface area (TPSA) is 90.0 Å². The molecule has 34 heavy (non-hydrogen) atoms. The molecular weight excluding hydrogens is 428 g/mol. The Balaban J connectivity index is 1.68. The van der Waals surface area contributed by atoms with E-state index in [9.17, 15) is 9.59 Å². The quantitative estimate of drug-likeness (QED) is 0.416. The van der Waals surface area contributed by atoms with Crippen LogP contribution >= 0.6 is 0 Å². The fourth-order valence-electron chi connectivity index (χ4n) is 4.53. The molecule has 5 aromatic rings. The van der Waals surface area contributed by atoms with E-state index < -0.39 is 5.97 Å². The summed E-state index contributed by atoms with van der Waals surface area (Å²) in [5, 5.41) is 11.1. The number of fused-ring (bicyclic) bond motifs is 2. The molecule has 0 fully saturated rings. The van der Waals surface area contributed by atoms with Crippen LogP contribution in [-0.4, -0.2) is 30.2 Å². The Morgan fingerprint density at radius 1 is 0.941 bits per heavy atom. The van der Waals surface area contributed by atoms with Gasteiger partial charge in [-0.25, -0.2) is 14.6 Å². The van der Waals surface area contributed by atoms with Crippen molar-refractivity contribution in [1.82, 2.24) is 19.1 Å². The maximum Gasteiger partial charge on any atom is 0.354 e. The Labute approximate surface area is 196 Å². The molecule has 0 atom stereocenters. The molecule has 1 N–H and O–H groups in total. The first-order chi connectivity index (χ1) is 16.3. The summed E-state index contributed by atoms with van der Waals surface area (Å²) in [5.74, 6) is -0.812. The second-order valence-corrected chi connectivity index (χ2v) is 8.82. The van der Waals surface area contributed by atoms with E-state index >= 15 is 0 Å². The lowest BCUT2D eigenvalue weighted by molar-refractivity contribution is 0.0690. The van der Waals surface area contributed by atoms with Crippen LogP contribution in [0.5, 0.6) is 0 Å². The van der Waals surface area contributed by atoms with Gasteiger partial charge in [0, 0.05) is 37.4 Å². The van der Waals surface area contributed by atoms with Gasteiger partial charge in [-0.3, -0.25) is 14.1 Å². The number of pyridine rings is 2. The van der Waals surface area contributed by atoms with Crippen LogP contribution in [0.15, 0.2) is 65.7 Å². The number of hydrogen-bond donors (Lipinski definition) is 1. The number of nitrogens with zero attached hydrogens (tertiary/aromatic N) is 4. The van der Waals surface area contributed by atoms with E-state index in [4.69, 9.17) is 5.11 Å². The average Bonchev–Trinajstić information content (AvgIpc) is 3.06. The van der Waals surface area contributed by atoms with Crippen molar-refractivity contribution < 1.29 is 9.90 Å². The second-order valence-electron chi connectivity index (χ2n) is 8.82. The Morgan fingerprint density at radius 3 is 2.41 bits per heavy atom. The fourth-order valence-corrected chi connectivity index (χ4v) is 4.53. The highest BCUT2D eigenvalue weighted by Gasteiger charge is 2.17. The number of aromatic nitrogens is 4. The third-order valence-electron chi connectivity index (χ3n) is 6.37. The van der Waals surface area contributed by atoms with Gasteiger partial charge in [-0.15, -0.1) is 0 Å². The third kappa shape index (κ3) is 3.37. The number of rotatable bonds is 4. The number of imidazole rings is 1. The van der Waals surface area contributed by atoms with Gasteiger partial charge in [0.05, 0.1) is 16.7 Å². The van der Waals surface area contributed by atoms with Gasteiger partial charge in [-0.05, 0) is 58.3 Å². The number of aryl methyl sites for hydroxylation is 2. The minimum atomic E-state index is -1.06. The van der Waals surface area contributed by atoms with E-state index in [-0.39, 0.29) is 17.3 Å². The monoisotopic (exact) mass is 452 g/mol. The molecule has 0 aliphatic rings. The van der Waals surface area contributed by atoms with Crippen LogP contribution in [0.2, 0.25) is 0 Å². The minimum Gasteiger partial charge on any atom is -0.477 e. The van der Waals surface area contributed by atoms with Crippen LogP contribution in [-0.2, 0) is 14.1 Å². The molecule has 7 heteroatoms. The standard InChI is InChI=1S/C27H24N4O3/c1-15(2)20-10-18(12-24-25(20)31(4)27(34)30(24)3)19-7-5-6-16-11-23(29-14-21(16)19)17-8-9-22(26(32)33)28-13-17/h5-15H,1-4H3,(H,32,33). The van der Waals surface area contributed by atoms with Crippen LogP contribution in [0.25, 0.3) is 44.2 Å². The smallest absolute Gasteiger partial charge is 0.354 e. The molecule has 0 spiro atoms. The van der Waals surface area contributed by atoms with Crippen molar-refractivity contribution in [1.29, 1.82) is 0 Å². The van der Waals surface area contributed by atoms with Crippen LogP contribution in [0, 0.1) is 0 Å². The van der Waals surface area contributed by atoms with E-state index in [2.05, 4.69) is 42.0 Å². The first kappa shape index (κ1) is 21.6. The fraction of sp³-hybridized carbons (Fsp3) is 0.185. The summed E-state index contributed by atoms with van der Waals surface area (Å²) >= 11 is 0. The van der Waals surface area contributed by atoms with Gasteiger partial charge < -0.3 is 5.11 Å². The van der Waals surface area contributed by atoms with Crippen molar-refractivity contribution in [3.05, 3.63) is 82.7 Å². The summed E-state index contributed by atoms with van der Waals surface area (Å²) in [4.78, 5) is 32.4. The molecule has 0 radical (unpaired) electrons. The number of benzene rings is 2. The largest absolute Gasteiger partial charge is 0.477 e. The van der Waals surface area contributed by atoms with Crippen LogP contribution in [0.3, 0.4) is 0 Å². The van der Waals surface area contributed by atoms with Crippen molar-refractivity contribution >= 4 is 27.8 Å². The molecule has 0 amide bonds. The molecule has 0 aliphatic heterocycles. The molecule has 0 saturated heterocycles. The Morgan fingerprint density at radius 2 is 1.74 bits per heavy atom. The van der Waals surface area contributed by atoms with Gasteiger partial charge in [-0.2, -0.15) is 0 Å². The number of carboxylic acid groups (broad SMARTS) is 1. The number of carboxylic acids is 1. The van der Waals surface area contributed by atoms with E-state index in [0.717, 1.165) is 49.8 Å². The number of hydrogen-bond acceptors (Lipinski definition) is 4. The SMILES string of the molecule is CC(C)c1cc(-c2cccc3cc(-c4ccc(C(=O)O)nc4)ncc23)cc2c1n(C)c(=O)n2C. The predicted octanol–water partition coefficient (Wildman–Crippen LogP) is 4.98. The molecule has 7 nitrogen and oxygen atoms in total. The van der Waals surface area contributed by atoms with Gasteiger partial charge >= 0.3 is 11.7 Å². The van der Waals surface area contributed by atoms with Crippen LogP contribution in [0.1, 0.15) is 35.8 Å². The maximum atomic E-state index is 12.6. The first-order valence-corrected chi connectivity index (χ1v) is 11.0. The highest BCUT2D eigenvalue weighted by Crippen LogP contribution is 2.35. The molecule has 3 aromatic heterocycles. The van der Waals surface area contributed by atoms with Gasteiger partial charge in [0.2, 0.25) is 0 Å². The minimum absolute atomic E-state index is 0.00140. The van der Waals surface area contributed by atoms with Crippen molar-refractivity contribution in [2.75, 3.05) is 0 Å². The Hall–Kier alpha value is -4.26. The van der Waals surface area contributed by atoms with Crippen LogP contribution in [0.4, 0.5) is 0 Å². The highest BCUT2D eigenvalue weighted by molar-refractivity contribution is 5.99. The predicted molar refractivity (Wildman–Crippen MR) is 133 cm³/mol. The lowest BCUT2D eigenvalue weighted by atomic mass is 9.93. The summed E-state index contributed by atoms with van der Waals surface area (Å²) in [7, 11) is 3.62. The van der Waals surface area contributed by atoms with E-state index in [1.54, 1.807) is 22.2 Å². The lowest BCUT2D eigenvalue weighted by Gasteiger charge is -2.14. The van der Waals surface area contributed by atoms with Gasteiger partial charge in [0.1, 0.15) is 5.69 Å². The molecule has 0 bridgehead atoms. The van der Waals surface area contributed by atoms with E-state index in [1.165, 1.54) is 12.3 Å². The van der Waals surface area contributed by atoms with Crippen molar-refractivity contribution in [3.8, 4) is 22.4 Å². The second kappa shape index (κ2) is 7.95. The molecule has 0 saturated carbocycles. The van der Waals surface area contributed by atoms with Crippen LogP contribution < -0.4 is 5.69 Å². The molecule has 170 valence electrons.